The van der Waals surface area contributed by atoms with Crippen LogP contribution in [-0.4, -0.2) is 97.3 Å². The molecule has 1 saturated carbocycles. The number of hydrogen-bond acceptors (Lipinski definition) is 12. The third-order valence-electron chi connectivity index (χ3n) is 13.7. The second-order valence-corrected chi connectivity index (χ2v) is 21.3. The van der Waals surface area contributed by atoms with Gasteiger partial charge in [0.1, 0.15) is 17.9 Å². The lowest BCUT2D eigenvalue weighted by molar-refractivity contribution is -0.386. The number of H-pyrrole nitrogens is 1. The minimum atomic E-state index is -4.61. The maximum absolute atomic E-state index is 14.3. The van der Waals surface area contributed by atoms with Crippen LogP contribution in [0.15, 0.2) is 89.5 Å². The van der Waals surface area contributed by atoms with E-state index in [1.54, 1.807) is 19.2 Å². The minimum absolute atomic E-state index is 0.0738. The van der Waals surface area contributed by atoms with E-state index in [0.717, 1.165) is 74.1 Å². The molecule has 1 amide bonds. The Morgan fingerprint density at radius 2 is 1.74 bits per heavy atom. The van der Waals surface area contributed by atoms with Gasteiger partial charge in [-0.25, -0.2) is 13.1 Å². The van der Waals surface area contributed by atoms with Gasteiger partial charge >= 0.3 is 5.69 Å². The average molecular weight is 939 g/mol. The van der Waals surface area contributed by atoms with Crippen LogP contribution in [-0.2, 0) is 10.0 Å². The molecule has 17 heteroatoms. The van der Waals surface area contributed by atoms with Gasteiger partial charge in [0.25, 0.3) is 15.9 Å². The van der Waals surface area contributed by atoms with Gasteiger partial charge in [-0.05, 0) is 129 Å². The molecule has 2 aromatic heterocycles. The van der Waals surface area contributed by atoms with Crippen molar-refractivity contribution >= 4 is 66.9 Å². The average Bonchev–Trinajstić information content (AvgIpc) is 3.76. The highest BCUT2D eigenvalue weighted by Gasteiger charge is 2.33. The van der Waals surface area contributed by atoms with Gasteiger partial charge in [-0.3, -0.25) is 19.8 Å². The Morgan fingerprint density at radius 3 is 2.48 bits per heavy atom. The fourth-order valence-electron chi connectivity index (χ4n) is 9.73. The lowest BCUT2D eigenvalue weighted by Gasteiger charge is -2.39. The smallest absolute Gasteiger partial charge is 0.312 e. The Balaban J connectivity index is 0.964. The van der Waals surface area contributed by atoms with Crippen LogP contribution < -0.4 is 24.0 Å². The molecule has 3 N–H and O–H groups in total. The van der Waals surface area contributed by atoms with Gasteiger partial charge in [0, 0.05) is 61.1 Å². The number of ether oxygens (including phenoxy) is 2. The van der Waals surface area contributed by atoms with E-state index in [1.165, 1.54) is 28.8 Å². The monoisotopic (exact) mass is 937 g/mol. The second-order valence-electron chi connectivity index (χ2n) is 19.2. The van der Waals surface area contributed by atoms with Crippen molar-refractivity contribution in [2.45, 2.75) is 76.2 Å². The molecule has 3 aromatic carbocycles. The minimum Gasteiger partial charge on any atom is -0.487 e. The van der Waals surface area contributed by atoms with Crippen molar-refractivity contribution in [1.82, 2.24) is 19.6 Å². The zero-order valence-electron chi connectivity index (χ0n) is 37.5. The molecule has 0 spiro atoms. The number of aromatic nitrogens is 2. The summed E-state index contributed by atoms with van der Waals surface area (Å²) in [6.45, 7) is 11.3. The maximum atomic E-state index is 14.3. The number of carbonyl (C=O) groups excluding carboxylic acids is 1. The summed E-state index contributed by atoms with van der Waals surface area (Å²) in [7, 11) is -4.61. The molecule has 0 bridgehead atoms. The third-order valence-corrected chi connectivity index (χ3v) is 15.3. The van der Waals surface area contributed by atoms with Gasteiger partial charge in [0.2, 0.25) is 5.88 Å². The number of hydrogen-bond donors (Lipinski definition) is 3. The number of anilines is 3. The number of allylic oxidation sites excluding steroid dienone is 1. The number of amides is 1. The number of nitrogens with zero attached hydrogens (tertiary/aromatic N) is 5. The molecule has 5 aromatic rings. The van der Waals surface area contributed by atoms with Crippen molar-refractivity contribution < 1.29 is 32.7 Å². The zero-order chi connectivity index (χ0) is 46.4. The van der Waals surface area contributed by atoms with E-state index in [4.69, 9.17) is 21.1 Å². The summed E-state index contributed by atoms with van der Waals surface area (Å²) >= 11 is 6.27. The van der Waals surface area contributed by atoms with Gasteiger partial charge in [-0.15, -0.1) is 0 Å². The molecule has 15 nitrogen and oxygen atoms in total. The first-order valence-corrected chi connectivity index (χ1v) is 24.5. The van der Waals surface area contributed by atoms with E-state index in [2.05, 4.69) is 50.5 Å². The zero-order valence-corrected chi connectivity index (χ0v) is 39.1. The molecule has 66 heavy (non-hydrogen) atoms. The molecule has 2 aliphatic heterocycles. The molecule has 1 saturated heterocycles. The largest absolute Gasteiger partial charge is 0.487 e. The summed E-state index contributed by atoms with van der Waals surface area (Å²) in [4.78, 5) is 39.9. The number of aromatic amines is 1. The standard InChI is InChI=1S/C49H56ClN7O8S/c1-48(2)16-14-35(40(29-48)33-4-6-36(50)7-5-33)30-54-20-22-55(23-21-54)37-8-10-39(41(27-37)56-24-25-64-47-43(56)26-34-15-19-51-45(34)52-47)46(58)53-66(62,63)38-9-11-44(42(28-38)57(60)61)65-31-32-12-17-49(3,59)18-13-32/h4-11,15,19,26-28,32,59H,12-14,16-18,20-25,29-31H2,1-3H3,(H,51,52)(H,53,58)/t32-,49-. The molecule has 0 unspecified atom stereocenters. The van der Waals surface area contributed by atoms with E-state index < -0.39 is 37.0 Å². The Morgan fingerprint density at radius 1 is 0.985 bits per heavy atom. The van der Waals surface area contributed by atoms with Gasteiger partial charge in [-0.1, -0.05) is 43.2 Å². The number of fused-ring (bicyclic) bond motifs is 2. The van der Waals surface area contributed by atoms with Crippen LogP contribution in [0.1, 0.15) is 81.6 Å². The Labute approximate surface area is 389 Å². The number of piperazine rings is 1. The molecule has 9 rings (SSSR count). The number of halogens is 1. The van der Waals surface area contributed by atoms with Crippen LogP contribution >= 0.6 is 11.6 Å². The normalized spacial score (nSPS) is 21.3. The summed E-state index contributed by atoms with van der Waals surface area (Å²) in [5, 5.41) is 24.1. The lowest BCUT2D eigenvalue weighted by atomic mass is 9.72. The Kier molecular flexibility index (Phi) is 12.5. The first-order valence-electron chi connectivity index (χ1n) is 22.7. The Bertz CT molecular complexity index is 2790. The topological polar surface area (TPSA) is 183 Å². The first-order chi connectivity index (χ1) is 31.5. The van der Waals surface area contributed by atoms with Crippen LogP contribution in [0.5, 0.6) is 11.6 Å². The van der Waals surface area contributed by atoms with Crippen molar-refractivity contribution in [3.63, 3.8) is 0 Å². The summed E-state index contributed by atoms with van der Waals surface area (Å²) in [6.07, 6.45) is 7.57. The number of sulfonamides is 1. The number of benzene rings is 3. The number of rotatable bonds is 12. The van der Waals surface area contributed by atoms with Gasteiger partial charge in [0.15, 0.2) is 5.75 Å². The molecule has 2 fully saturated rings. The van der Waals surface area contributed by atoms with Crippen molar-refractivity contribution in [3.8, 4) is 11.6 Å². The van der Waals surface area contributed by atoms with E-state index >= 15 is 0 Å². The number of carbonyl (C=O) groups is 1. The molecular formula is C49H56ClN7O8S. The van der Waals surface area contributed by atoms with Crippen molar-refractivity contribution in [2.24, 2.45) is 11.3 Å². The van der Waals surface area contributed by atoms with E-state index in [-0.39, 0.29) is 35.9 Å². The van der Waals surface area contributed by atoms with Crippen molar-refractivity contribution in [2.75, 3.05) is 62.3 Å². The predicted molar refractivity (Wildman–Crippen MR) is 256 cm³/mol. The summed E-state index contributed by atoms with van der Waals surface area (Å²) in [6, 6.07) is 20.8. The SMILES string of the molecule is CC1(C)CCC(CN2CCN(c3ccc(C(=O)NS(=O)(=O)c4ccc(OC[C@H]5CC[C@](C)(O)CC5)c([N+](=O)[O-])c4)c(N4CCOc5nc6[nH]ccc6cc54)c3)CC2)=C(c2ccc(Cl)cc2)C1. The number of aliphatic hydroxyl groups is 1. The van der Waals surface area contributed by atoms with Gasteiger partial charge in [-0.2, -0.15) is 4.98 Å². The van der Waals surface area contributed by atoms with E-state index in [0.29, 0.717) is 55.1 Å². The molecular weight excluding hydrogens is 882 g/mol. The Hall–Kier alpha value is -5.68. The molecule has 0 atom stereocenters. The third kappa shape index (κ3) is 9.87. The highest BCUT2D eigenvalue weighted by atomic mass is 35.5. The van der Waals surface area contributed by atoms with Crippen molar-refractivity contribution in [1.29, 1.82) is 0 Å². The highest BCUT2D eigenvalue weighted by molar-refractivity contribution is 7.90. The number of nitro benzene ring substituents is 1. The van der Waals surface area contributed by atoms with Crippen LogP contribution in [0, 0.1) is 21.4 Å². The maximum Gasteiger partial charge on any atom is 0.312 e. The number of pyridine rings is 1. The van der Waals surface area contributed by atoms with Crippen LogP contribution in [0.2, 0.25) is 5.02 Å². The molecule has 348 valence electrons. The van der Waals surface area contributed by atoms with E-state index in [9.17, 15) is 28.4 Å². The summed E-state index contributed by atoms with van der Waals surface area (Å²) in [5.74, 6) is -0.512. The summed E-state index contributed by atoms with van der Waals surface area (Å²) < 4.78 is 41.9. The quantitative estimate of drug-likeness (QED) is 0.0799. The molecule has 4 heterocycles. The van der Waals surface area contributed by atoms with Crippen molar-refractivity contribution in [3.05, 3.63) is 111 Å². The van der Waals surface area contributed by atoms with E-state index in [1.807, 2.05) is 41.3 Å². The molecule has 4 aliphatic rings. The van der Waals surface area contributed by atoms with Gasteiger partial charge in [0.05, 0.1) is 39.8 Å². The molecule has 2 aliphatic carbocycles. The fraction of sp³-hybridized carbons (Fsp3) is 0.429. The molecule has 0 radical (unpaired) electrons. The highest BCUT2D eigenvalue weighted by Crippen LogP contribution is 2.44. The summed E-state index contributed by atoms with van der Waals surface area (Å²) in [5.41, 5.74) is 5.75. The number of nitrogens with one attached hydrogen (secondary N) is 2. The van der Waals surface area contributed by atoms with Gasteiger partial charge < -0.3 is 29.4 Å². The van der Waals surface area contributed by atoms with Crippen LogP contribution in [0.3, 0.4) is 0 Å². The van der Waals surface area contributed by atoms with Crippen LogP contribution in [0.4, 0.5) is 22.7 Å². The fourth-order valence-corrected chi connectivity index (χ4v) is 10.8. The number of nitro groups is 1. The second kappa shape index (κ2) is 18.2. The first kappa shape index (κ1) is 45.5. The lowest BCUT2D eigenvalue weighted by Crippen LogP contribution is -2.47. The van der Waals surface area contributed by atoms with Crippen LogP contribution in [0.25, 0.3) is 16.6 Å². The predicted octanol–water partition coefficient (Wildman–Crippen LogP) is 8.88.